The van der Waals surface area contributed by atoms with Crippen LogP contribution in [0.15, 0.2) is 188 Å². The molecule has 2 aromatic heterocycles. The van der Waals surface area contributed by atoms with E-state index in [0.29, 0.717) is 5.95 Å². The van der Waals surface area contributed by atoms with Crippen molar-refractivity contribution in [2.24, 2.45) is 0 Å². The summed E-state index contributed by atoms with van der Waals surface area (Å²) in [4.78, 5) is 10.7. The molecule has 1 aliphatic rings. The molecule has 0 bridgehead atoms. The first-order valence-electron chi connectivity index (χ1n) is 19.3. The molecule has 0 amide bonds. The van der Waals surface area contributed by atoms with Crippen molar-refractivity contribution in [2.75, 3.05) is 0 Å². The van der Waals surface area contributed by atoms with E-state index in [4.69, 9.17) is 9.97 Å². The maximum Gasteiger partial charge on any atom is 0.235 e. The Kier molecular flexibility index (Phi) is 7.20. The second-order valence-electron chi connectivity index (χ2n) is 15.4. The van der Waals surface area contributed by atoms with Crippen molar-refractivity contribution in [2.45, 2.75) is 19.3 Å². The van der Waals surface area contributed by atoms with Gasteiger partial charge < -0.3 is 0 Å². The van der Waals surface area contributed by atoms with Crippen LogP contribution in [0.3, 0.4) is 0 Å². The van der Waals surface area contributed by atoms with Crippen LogP contribution in [-0.2, 0) is 5.41 Å². The van der Waals surface area contributed by atoms with Crippen molar-refractivity contribution in [1.82, 2.24) is 14.5 Å². The minimum Gasteiger partial charge on any atom is -0.277 e. The van der Waals surface area contributed by atoms with Gasteiger partial charge in [0.05, 0.1) is 22.2 Å². The molecule has 0 N–H and O–H groups in total. The second kappa shape index (κ2) is 12.5. The lowest BCUT2D eigenvalue weighted by Gasteiger charge is -2.22. The Morgan fingerprint density at radius 1 is 0.393 bits per heavy atom. The number of aromatic nitrogens is 3. The Labute approximate surface area is 326 Å². The fraction of sp³-hybridized carbons (Fsp3) is 0.0566. The van der Waals surface area contributed by atoms with E-state index in [0.717, 1.165) is 44.3 Å². The lowest BCUT2D eigenvalue weighted by atomic mass is 9.81. The van der Waals surface area contributed by atoms with Crippen molar-refractivity contribution in [3.05, 3.63) is 199 Å². The Hall–Kier alpha value is -7.10. The van der Waals surface area contributed by atoms with Crippen LogP contribution in [0.4, 0.5) is 0 Å². The summed E-state index contributed by atoms with van der Waals surface area (Å²) in [6.45, 7) is 4.70. The summed E-state index contributed by atoms with van der Waals surface area (Å²) in [6.07, 6.45) is 0. The van der Waals surface area contributed by atoms with E-state index in [1.54, 1.807) is 0 Å². The molecule has 0 saturated carbocycles. The maximum absolute atomic E-state index is 5.39. The van der Waals surface area contributed by atoms with Crippen LogP contribution in [0.1, 0.15) is 25.0 Å². The van der Waals surface area contributed by atoms with Gasteiger partial charge in [-0.25, -0.2) is 9.97 Å². The van der Waals surface area contributed by atoms with E-state index >= 15 is 0 Å². The van der Waals surface area contributed by atoms with Gasteiger partial charge in [0.2, 0.25) is 5.95 Å². The Bertz CT molecular complexity index is 3150. The van der Waals surface area contributed by atoms with Gasteiger partial charge in [0.25, 0.3) is 0 Å². The van der Waals surface area contributed by atoms with Crippen molar-refractivity contribution < 1.29 is 0 Å². The topological polar surface area (TPSA) is 30.7 Å². The maximum atomic E-state index is 5.39. The smallest absolute Gasteiger partial charge is 0.235 e. The van der Waals surface area contributed by atoms with Gasteiger partial charge in [-0.2, -0.15) is 0 Å². The molecular weight excluding hydrogens is 679 g/mol. The Balaban J connectivity index is 1.18. The van der Waals surface area contributed by atoms with Crippen LogP contribution >= 0.6 is 0 Å². The van der Waals surface area contributed by atoms with E-state index < -0.39 is 0 Å². The molecule has 0 aliphatic heterocycles. The Morgan fingerprint density at radius 3 is 1.82 bits per heavy atom. The highest BCUT2D eigenvalue weighted by atomic mass is 15.2. The van der Waals surface area contributed by atoms with Gasteiger partial charge in [0, 0.05) is 32.7 Å². The monoisotopic (exact) mass is 715 g/mol. The normalized spacial score (nSPS) is 13.0. The zero-order valence-electron chi connectivity index (χ0n) is 31.2. The van der Waals surface area contributed by atoms with Crippen molar-refractivity contribution in [3.63, 3.8) is 0 Å². The summed E-state index contributed by atoms with van der Waals surface area (Å²) in [6, 6.07) is 67.8. The fourth-order valence-corrected chi connectivity index (χ4v) is 9.07. The quantitative estimate of drug-likeness (QED) is 0.178. The highest BCUT2D eigenvalue weighted by Crippen LogP contribution is 2.50. The molecule has 1 aliphatic carbocycles. The molecule has 0 spiro atoms. The molecule has 3 nitrogen and oxygen atoms in total. The molecule has 2 heterocycles. The molecule has 0 atom stereocenters. The third kappa shape index (κ3) is 4.98. The zero-order valence-corrected chi connectivity index (χ0v) is 31.2. The van der Waals surface area contributed by atoms with Crippen LogP contribution < -0.4 is 0 Å². The lowest BCUT2D eigenvalue weighted by molar-refractivity contribution is 0.660. The molecule has 0 radical (unpaired) electrons. The van der Waals surface area contributed by atoms with E-state index in [2.05, 4.69) is 200 Å². The largest absolute Gasteiger partial charge is 0.277 e. The zero-order chi connectivity index (χ0) is 37.4. The van der Waals surface area contributed by atoms with Gasteiger partial charge in [-0.1, -0.05) is 166 Å². The number of hydrogen-bond donors (Lipinski definition) is 0. The van der Waals surface area contributed by atoms with Gasteiger partial charge in [-0.05, 0) is 86.5 Å². The molecular formula is C53H37N3. The summed E-state index contributed by atoms with van der Waals surface area (Å²) >= 11 is 0. The third-order valence-electron chi connectivity index (χ3n) is 11.8. The first-order valence-corrected chi connectivity index (χ1v) is 19.3. The van der Waals surface area contributed by atoms with Crippen LogP contribution in [0.2, 0.25) is 0 Å². The molecule has 0 fully saturated rings. The lowest BCUT2D eigenvalue weighted by Crippen LogP contribution is -2.14. The van der Waals surface area contributed by atoms with Crippen LogP contribution in [0, 0.1) is 0 Å². The van der Waals surface area contributed by atoms with Crippen LogP contribution in [-0.4, -0.2) is 14.5 Å². The summed E-state index contributed by atoms with van der Waals surface area (Å²) in [7, 11) is 0. The molecule has 56 heavy (non-hydrogen) atoms. The summed E-state index contributed by atoms with van der Waals surface area (Å²) in [5.41, 5.74) is 17.4. The Morgan fingerprint density at radius 2 is 1.00 bits per heavy atom. The number of nitrogens with zero attached hydrogens (tertiary/aromatic N) is 3. The van der Waals surface area contributed by atoms with Gasteiger partial charge in [0.15, 0.2) is 0 Å². The van der Waals surface area contributed by atoms with Gasteiger partial charge in [0.1, 0.15) is 0 Å². The molecule has 11 rings (SSSR count). The number of hydrogen-bond acceptors (Lipinski definition) is 2. The summed E-state index contributed by atoms with van der Waals surface area (Å²) < 4.78 is 2.28. The van der Waals surface area contributed by atoms with E-state index in [1.165, 1.54) is 55.3 Å². The van der Waals surface area contributed by atoms with Crippen LogP contribution in [0.5, 0.6) is 0 Å². The minimum absolute atomic E-state index is 0.0905. The van der Waals surface area contributed by atoms with Crippen LogP contribution in [0.25, 0.3) is 94.4 Å². The van der Waals surface area contributed by atoms with Gasteiger partial charge >= 0.3 is 0 Å². The summed E-state index contributed by atoms with van der Waals surface area (Å²) in [5, 5.41) is 3.37. The average molecular weight is 716 g/mol. The molecule has 3 heteroatoms. The van der Waals surface area contributed by atoms with E-state index in [1.807, 2.05) is 6.07 Å². The third-order valence-corrected chi connectivity index (χ3v) is 11.8. The molecule has 264 valence electrons. The van der Waals surface area contributed by atoms with Crippen molar-refractivity contribution in [1.29, 1.82) is 0 Å². The molecule has 10 aromatic rings. The standard InChI is InChI=1S/C53H37N3/c1-53(2)46-25-12-9-20-41(46)42-29-28-36(33-47(42)53)38-30-37(34-16-5-3-6-17-34)31-39(32-38)40-23-15-24-44-43-21-11-14-27-49(43)56(51(40)44)52-54-48-26-13-10-22-45(48)50(55-52)35-18-7-4-8-19-35/h3-33H,1-2H3. The first kappa shape index (κ1) is 32.3. The average Bonchev–Trinajstić information content (AvgIpc) is 3.72. The number of rotatable bonds is 5. The predicted octanol–water partition coefficient (Wildman–Crippen LogP) is 13.7. The second-order valence-corrected chi connectivity index (χ2v) is 15.4. The van der Waals surface area contributed by atoms with E-state index in [-0.39, 0.29) is 5.41 Å². The predicted molar refractivity (Wildman–Crippen MR) is 233 cm³/mol. The SMILES string of the molecule is CC1(C)c2ccccc2-c2ccc(-c3cc(-c4ccccc4)cc(-c4cccc5c6ccccc6n(-c6nc(-c7ccccc7)c7ccccc7n6)c45)c3)cc21. The highest BCUT2D eigenvalue weighted by molar-refractivity contribution is 6.14. The molecule has 0 saturated heterocycles. The first-order chi connectivity index (χ1) is 27.5. The molecule has 0 unspecified atom stereocenters. The molecule has 8 aromatic carbocycles. The minimum atomic E-state index is -0.0905. The van der Waals surface area contributed by atoms with E-state index in [9.17, 15) is 0 Å². The summed E-state index contributed by atoms with van der Waals surface area (Å²) in [5.74, 6) is 0.654. The number of benzene rings is 8. The highest BCUT2D eigenvalue weighted by Gasteiger charge is 2.35. The fourth-order valence-electron chi connectivity index (χ4n) is 9.07. The number of fused-ring (bicyclic) bond motifs is 7. The number of para-hydroxylation sites is 3. The van der Waals surface area contributed by atoms with Crippen molar-refractivity contribution >= 4 is 32.7 Å². The van der Waals surface area contributed by atoms with Gasteiger partial charge in [-0.3, -0.25) is 4.57 Å². The van der Waals surface area contributed by atoms with Crippen molar-refractivity contribution in [3.8, 4) is 61.7 Å². The van der Waals surface area contributed by atoms with Gasteiger partial charge in [-0.15, -0.1) is 0 Å².